The minimum absolute atomic E-state index is 0.365. The number of benzene rings is 6. The highest BCUT2D eigenvalue weighted by molar-refractivity contribution is 6.22. The normalized spacial score (nSPS) is 11.6. The van der Waals surface area contributed by atoms with Gasteiger partial charge < -0.3 is 20.0 Å². The van der Waals surface area contributed by atoms with E-state index in [2.05, 4.69) is 49.4 Å². The Kier molecular flexibility index (Phi) is 7.01. The lowest BCUT2D eigenvalue weighted by molar-refractivity contribution is 0.663. The minimum atomic E-state index is 0.365. The lowest BCUT2D eigenvalue weighted by Gasteiger charge is -2.04. The molecular weight excluding hydrogens is 540 g/mol. The van der Waals surface area contributed by atoms with E-state index in [0.717, 1.165) is 60.6 Å². The predicted molar refractivity (Wildman–Crippen MR) is 183 cm³/mol. The SMILES string of the molecule is Cc1ccccc1.N=C(/C=C(\N)c1ccc2oc3ccc4c5cc(-c6ccccc6)ccc5oc4c3c2c1)c1ccccc1. The summed E-state index contributed by atoms with van der Waals surface area (Å²) in [6, 6.07) is 46.4. The van der Waals surface area contributed by atoms with Crippen molar-refractivity contribution in [2.45, 2.75) is 6.92 Å². The van der Waals surface area contributed by atoms with Crippen molar-refractivity contribution < 1.29 is 8.83 Å². The lowest BCUT2D eigenvalue weighted by Crippen LogP contribution is -2.02. The second-order valence-corrected chi connectivity index (χ2v) is 10.8. The van der Waals surface area contributed by atoms with E-state index in [1.54, 1.807) is 6.08 Å². The monoisotopic (exact) mass is 570 g/mol. The van der Waals surface area contributed by atoms with Gasteiger partial charge in [0, 0.05) is 21.9 Å². The topological polar surface area (TPSA) is 76.2 Å². The van der Waals surface area contributed by atoms with Crippen molar-refractivity contribution in [3.63, 3.8) is 0 Å². The van der Waals surface area contributed by atoms with Gasteiger partial charge in [0.2, 0.25) is 0 Å². The van der Waals surface area contributed by atoms with Crippen molar-refractivity contribution in [1.82, 2.24) is 0 Å². The molecule has 6 aromatic carbocycles. The van der Waals surface area contributed by atoms with Gasteiger partial charge in [-0.05, 0) is 77.7 Å². The molecule has 0 atom stereocenters. The molecule has 4 nitrogen and oxygen atoms in total. The van der Waals surface area contributed by atoms with Crippen molar-refractivity contribution in [3.8, 4) is 11.1 Å². The number of furan rings is 2. The van der Waals surface area contributed by atoms with Crippen LogP contribution >= 0.6 is 0 Å². The zero-order valence-corrected chi connectivity index (χ0v) is 24.3. The fourth-order valence-corrected chi connectivity index (χ4v) is 5.56. The van der Waals surface area contributed by atoms with Crippen molar-refractivity contribution in [2.24, 2.45) is 5.73 Å². The largest absolute Gasteiger partial charge is 0.456 e. The molecule has 0 spiro atoms. The second kappa shape index (κ2) is 11.4. The Morgan fingerprint density at radius 1 is 0.568 bits per heavy atom. The Bertz CT molecular complexity index is 2290. The maximum atomic E-state index is 8.43. The molecule has 0 fully saturated rings. The van der Waals surface area contributed by atoms with E-state index >= 15 is 0 Å². The van der Waals surface area contributed by atoms with Crippen LogP contribution in [0.25, 0.3) is 60.7 Å². The second-order valence-electron chi connectivity index (χ2n) is 10.8. The quantitative estimate of drug-likeness (QED) is 0.207. The first-order valence-electron chi connectivity index (χ1n) is 14.6. The van der Waals surface area contributed by atoms with Gasteiger partial charge >= 0.3 is 0 Å². The van der Waals surface area contributed by atoms with Crippen LogP contribution in [-0.2, 0) is 0 Å². The molecule has 3 N–H and O–H groups in total. The fraction of sp³-hybridized carbons (Fsp3) is 0.0250. The molecule has 8 aromatic rings. The Morgan fingerprint density at radius 3 is 1.91 bits per heavy atom. The summed E-state index contributed by atoms with van der Waals surface area (Å²) in [4.78, 5) is 0. The van der Waals surface area contributed by atoms with E-state index in [-0.39, 0.29) is 0 Å². The molecule has 0 amide bonds. The van der Waals surface area contributed by atoms with E-state index < -0.39 is 0 Å². The summed E-state index contributed by atoms with van der Waals surface area (Å²) in [5.41, 5.74) is 15.8. The molecule has 44 heavy (non-hydrogen) atoms. The summed E-state index contributed by atoms with van der Waals surface area (Å²) in [5.74, 6) is 0. The summed E-state index contributed by atoms with van der Waals surface area (Å²) in [6.45, 7) is 2.08. The molecule has 0 saturated heterocycles. The molecule has 0 saturated carbocycles. The maximum absolute atomic E-state index is 8.43. The van der Waals surface area contributed by atoms with Gasteiger partial charge in [-0.15, -0.1) is 0 Å². The first-order chi connectivity index (χ1) is 21.5. The van der Waals surface area contributed by atoms with Crippen LogP contribution in [0.5, 0.6) is 0 Å². The minimum Gasteiger partial charge on any atom is -0.456 e. The van der Waals surface area contributed by atoms with Crippen LogP contribution in [0.1, 0.15) is 16.7 Å². The molecule has 0 unspecified atom stereocenters. The van der Waals surface area contributed by atoms with Crippen molar-refractivity contribution in [2.75, 3.05) is 0 Å². The van der Waals surface area contributed by atoms with Gasteiger partial charge in [0.1, 0.15) is 22.3 Å². The summed E-state index contributed by atoms with van der Waals surface area (Å²) >= 11 is 0. The van der Waals surface area contributed by atoms with Crippen molar-refractivity contribution in [1.29, 1.82) is 5.41 Å². The molecule has 0 aliphatic rings. The van der Waals surface area contributed by atoms with E-state index in [0.29, 0.717) is 11.4 Å². The summed E-state index contributed by atoms with van der Waals surface area (Å²) < 4.78 is 12.6. The number of hydrogen-bond donors (Lipinski definition) is 2. The third-order valence-electron chi connectivity index (χ3n) is 7.84. The Balaban J connectivity index is 0.000000396. The number of nitrogens with one attached hydrogen (secondary N) is 1. The van der Waals surface area contributed by atoms with Crippen molar-refractivity contribution in [3.05, 3.63) is 162 Å². The molecular formula is C40H30N2O2. The highest BCUT2D eigenvalue weighted by Crippen LogP contribution is 2.40. The average molecular weight is 571 g/mol. The van der Waals surface area contributed by atoms with Crippen molar-refractivity contribution >= 4 is 55.3 Å². The highest BCUT2D eigenvalue weighted by atomic mass is 16.3. The van der Waals surface area contributed by atoms with Crippen LogP contribution < -0.4 is 5.73 Å². The number of fused-ring (bicyclic) bond motifs is 7. The van der Waals surface area contributed by atoms with Crippen LogP contribution in [0.4, 0.5) is 0 Å². The molecule has 0 aliphatic carbocycles. The Labute approximate surface area is 255 Å². The summed E-state index contributed by atoms with van der Waals surface area (Å²) in [7, 11) is 0. The fourth-order valence-electron chi connectivity index (χ4n) is 5.56. The van der Waals surface area contributed by atoms with Gasteiger partial charge in [-0.2, -0.15) is 0 Å². The number of hydrogen-bond acceptors (Lipinski definition) is 4. The number of allylic oxidation sites excluding steroid dienone is 1. The van der Waals surface area contributed by atoms with Crippen LogP contribution in [0.2, 0.25) is 0 Å². The van der Waals surface area contributed by atoms with Gasteiger partial charge in [-0.25, -0.2) is 0 Å². The number of rotatable bonds is 4. The first kappa shape index (κ1) is 27.0. The van der Waals surface area contributed by atoms with Gasteiger partial charge in [0.05, 0.1) is 11.1 Å². The zero-order valence-electron chi connectivity index (χ0n) is 24.3. The van der Waals surface area contributed by atoms with Crippen LogP contribution in [-0.4, -0.2) is 5.71 Å². The first-order valence-corrected chi connectivity index (χ1v) is 14.6. The Morgan fingerprint density at radius 2 is 1.20 bits per heavy atom. The van der Waals surface area contributed by atoms with Gasteiger partial charge in [0.15, 0.2) is 0 Å². The molecule has 212 valence electrons. The molecule has 0 radical (unpaired) electrons. The van der Waals surface area contributed by atoms with Crippen LogP contribution in [0, 0.1) is 12.3 Å². The molecule has 2 aromatic heterocycles. The van der Waals surface area contributed by atoms with Gasteiger partial charge in [-0.3, -0.25) is 0 Å². The molecule has 0 bridgehead atoms. The summed E-state index contributed by atoms with van der Waals surface area (Å²) in [6.07, 6.45) is 1.70. The van der Waals surface area contributed by atoms with Crippen LogP contribution in [0.15, 0.2) is 154 Å². The molecule has 2 heterocycles. The van der Waals surface area contributed by atoms with Gasteiger partial charge in [0.25, 0.3) is 0 Å². The maximum Gasteiger partial charge on any atom is 0.147 e. The van der Waals surface area contributed by atoms with E-state index in [9.17, 15) is 0 Å². The van der Waals surface area contributed by atoms with E-state index in [4.69, 9.17) is 20.0 Å². The molecule has 8 rings (SSSR count). The smallest absolute Gasteiger partial charge is 0.147 e. The highest BCUT2D eigenvalue weighted by Gasteiger charge is 2.17. The predicted octanol–water partition coefficient (Wildman–Crippen LogP) is 10.5. The zero-order chi connectivity index (χ0) is 30.0. The number of aryl methyl sites for hydroxylation is 1. The number of nitrogens with two attached hydrogens (primary N) is 1. The lowest BCUT2D eigenvalue weighted by atomic mass is 10.0. The standard InChI is InChI=1S/C33H22N2O2.C7H8/c34-27(21-9-5-2-6-10-21)19-28(35)23-12-15-30-26(18-23)32-31(36-30)16-13-24-25-17-22(20-7-3-1-4-8-20)11-14-29(25)37-33(24)32;1-7-5-3-2-4-6-7/h1-19,34H,35H2;2-6H,1H3/b28-19-,34-27?;. The summed E-state index contributed by atoms with van der Waals surface area (Å²) in [5, 5.41) is 12.4. The Hall–Kier alpha value is -5.87. The molecule has 0 aliphatic heterocycles. The third-order valence-corrected chi connectivity index (χ3v) is 7.84. The van der Waals surface area contributed by atoms with E-state index in [1.807, 2.05) is 97.1 Å². The van der Waals surface area contributed by atoms with E-state index in [1.165, 1.54) is 11.1 Å². The van der Waals surface area contributed by atoms with Gasteiger partial charge in [-0.1, -0.05) is 103 Å². The van der Waals surface area contributed by atoms with Crippen LogP contribution in [0.3, 0.4) is 0 Å². The third kappa shape index (κ3) is 5.14. The molecule has 4 heteroatoms. The average Bonchev–Trinajstić information content (AvgIpc) is 3.63.